The zero-order chi connectivity index (χ0) is 18.1. The number of amides is 1. The van der Waals surface area contributed by atoms with Crippen molar-refractivity contribution in [1.29, 1.82) is 0 Å². The SMILES string of the molecule is COc1ccc2c(c1)CCC1C(C(=O)NCc3ccccc3F)NNC21. The van der Waals surface area contributed by atoms with Crippen LogP contribution in [0, 0.1) is 11.7 Å². The van der Waals surface area contributed by atoms with E-state index < -0.39 is 0 Å². The van der Waals surface area contributed by atoms with E-state index in [0.717, 1.165) is 18.6 Å². The van der Waals surface area contributed by atoms with E-state index in [0.29, 0.717) is 5.56 Å². The molecule has 0 bridgehead atoms. The molecule has 3 unspecified atom stereocenters. The molecule has 2 aromatic carbocycles. The number of halogens is 1. The molecule has 0 saturated carbocycles. The molecular formula is C20H22FN3O2. The Morgan fingerprint density at radius 3 is 2.92 bits per heavy atom. The van der Waals surface area contributed by atoms with Crippen molar-refractivity contribution in [2.45, 2.75) is 31.5 Å². The zero-order valence-electron chi connectivity index (χ0n) is 14.6. The molecule has 4 rings (SSSR count). The first kappa shape index (κ1) is 17.0. The first-order valence-electron chi connectivity index (χ1n) is 8.86. The molecule has 6 heteroatoms. The minimum Gasteiger partial charge on any atom is -0.497 e. The van der Waals surface area contributed by atoms with Gasteiger partial charge in [0.2, 0.25) is 5.91 Å². The Morgan fingerprint density at radius 2 is 2.12 bits per heavy atom. The number of ether oxygens (including phenoxy) is 1. The predicted molar refractivity (Wildman–Crippen MR) is 95.9 cm³/mol. The van der Waals surface area contributed by atoms with E-state index in [2.05, 4.69) is 28.3 Å². The normalized spacial score (nSPS) is 23.8. The second-order valence-electron chi connectivity index (χ2n) is 6.82. The summed E-state index contributed by atoms with van der Waals surface area (Å²) in [5.41, 5.74) is 9.35. The minimum absolute atomic E-state index is 0.0915. The van der Waals surface area contributed by atoms with Crippen molar-refractivity contribution in [3.63, 3.8) is 0 Å². The van der Waals surface area contributed by atoms with Gasteiger partial charge in [-0.05, 0) is 42.2 Å². The second kappa shape index (κ2) is 7.05. The monoisotopic (exact) mass is 355 g/mol. The molecule has 5 nitrogen and oxygen atoms in total. The van der Waals surface area contributed by atoms with Crippen molar-refractivity contribution in [1.82, 2.24) is 16.2 Å². The summed E-state index contributed by atoms with van der Waals surface area (Å²) in [7, 11) is 1.67. The standard InChI is InChI=1S/C20H22FN3O2/c1-26-14-7-9-15-12(10-14)6-8-16-18(15)23-24-19(16)20(25)22-11-13-4-2-3-5-17(13)21/h2-5,7,9-10,16,18-19,23-24H,6,8,11H2,1H3,(H,22,25). The molecule has 0 radical (unpaired) electrons. The molecule has 1 heterocycles. The van der Waals surface area contributed by atoms with Gasteiger partial charge >= 0.3 is 0 Å². The van der Waals surface area contributed by atoms with Crippen LogP contribution in [0.2, 0.25) is 0 Å². The quantitative estimate of drug-likeness (QED) is 0.787. The van der Waals surface area contributed by atoms with Gasteiger partial charge in [0.15, 0.2) is 0 Å². The second-order valence-corrected chi connectivity index (χ2v) is 6.82. The maximum absolute atomic E-state index is 13.7. The smallest absolute Gasteiger partial charge is 0.239 e. The van der Waals surface area contributed by atoms with Crippen LogP contribution in [-0.4, -0.2) is 19.1 Å². The van der Waals surface area contributed by atoms with E-state index in [4.69, 9.17) is 4.74 Å². The summed E-state index contributed by atoms with van der Waals surface area (Å²) in [4.78, 5) is 12.6. The lowest BCUT2D eigenvalue weighted by Crippen LogP contribution is -2.45. The maximum atomic E-state index is 13.7. The number of fused-ring (bicyclic) bond motifs is 3. The van der Waals surface area contributed by atoms with Crippen molar-refractivity contribution in [3.8, 4) is 5.75 Å². The number of methoxy groups -OCH3 is 1. The molecule has 136 valence electrons. The third kappa shape index (κ3) is 3.06. The van der Waals surface area contributed by atoms with E-state index in [1.165, 1.54) is 17.2 Å². The van der Waals surface area contributed by atoms with E-state index in [1.54, 1.807) is 25.3 Å². The number of aryl methyl sites for hydroxylation is 1. The first-order valence-corrected chi connectivity index (χ1v) is 8.86. The van der Waals surface area contributed by atoms with E-state index >= 15 is 0 Å². The molecule has 1 saturated heterocycles. The lowest BCUT2D eigenvalue weighted by atomic mass is 9.77. The Kier molecular flexibility index (Phi) is 4.61. The number of carbonyl (C=O) groups is 1. The lowest BCUT2D eigenvalue weighted by molar-refractivity contribution is -0.124. The summed E-state index contributed by atoms with van der Waals surface area (Å²) in [5, 5.41) is 2.86. The highest BCUT2D eigenvalue weighted by atomic mass is 19.1. The molecule has 3 N–H and O–H groups in total. The Hall–Kier alpha value is -2.44. The Bertz CT molecular complexity index is 826. The molecule has 26 heavy (non-hydrogen) atoms. The minimum atomic E-state index is -0.331. The number of nitrogens with one attached hydrogen (secondary N) is 3. The Morgan fingerprint density at radius 1 is 1.27 bits per heavy atom. The fourth-order valence-corrected chi connectivity index (χ4v) is 3.97. The fraction of sp³-hybridized carbons (Fsp3) is 0.350. The van der Waals surface area contributed by atoms with Crippen LogP contribution in [0.3, 0.4) is 0 Å². The largest absolute Gasteiger partial charge is 0.497 e. The van der Waals surface area contributed by atoms with Crippen molar-refractivity contribution in [2.75, 3.05) is 7.11 Å². The summed E-state index contributed by atoms with van der Waals surface area (Å²) >= 11 is 0. The maximum Gasteiger partial charge on any atom is 0.239 e. The number of benzene rings is 2. The van der Waals surface area contributed by atoms with Gasteiger partial charge in [0.1, 0.15) is 17.6 Å². The molecule has 1 aliphatic heterocycles. The summed E-state index contributed by atoms with van der Waals surface area (Å²) in [6, 6.07) is 12.3. The van der Waals surface area contributed by atoms with Crippen molar-refractivity contribution >= 4 is 5.91 Å². The van der Waals surface area contributed by atoms with Crippen LogP contribution in [0.15, 0.2) is 42.5 Å². The van der Waals surface area contributed by atoms with Crippen LogP contribution in [-0.2, 0) is 17.8 Å². The van der Waals surface area contributed by atoms with Crippen molar-refractivity contribution < 1.29 is 13.9 Å². The van der Waals surface area contributed by atoms with Crippen LogP contribution in [0.25, 0.3) is 0 Å². The van der Waals surface area contributed by atoms with Gasteiger partial charge in [0, 0.05) is 18.0 Å². The molecule has 0 aromatic heterocycles. The van der Waals surface area contributed by atoms with Gasteiger partial charge in [-0.3, -0.25) is 4.79 Å². The van der Waals surface area contributed by atoms with E-state index in [-0.39, 0.29) is 36.3 Å². The molecule has 2 aromatic rings. The predicted octanol–water partition coefficient (Wildman–Crippen LogP) is 2.23. The summed E-state index contributed by atoms with van der Waals surface area (Å²) in [5.74, 6) is 0.609. The van der Waals surface area contributed by atoms with Gasteiger partial charge in [0.05, 0.1) is 13.2 Å². The molecule has 1 amide bonds. The number of hydrogen-bond donors (Lipinski definition) is 3. The van der Waals surface area contributed by atoms with Gasteiger partial charge < -0.3 is 10.1 Å². The average molecular weight is 355 g/mol. The number of rotatable bonds is 4. The van der Waals surface area contributed by atoms with Gasteiger partial charge in [-0.1, -0.05) is 24.3 Å². The number of hydrogen-bond acceptors (Lipinski definition) is 4. The number of carbonyl (C=O) groups excluding carboxylic acids is 1. The molecule has 1 aliphatic carbocycles. The van der Waals surface area contributed by atoms with Gasteiger partial charge in [-0.2, -0.15) is 0 Å². The first-order chi connectivity index (χ1) is 12.7. The van der Waals surface area contributed by atoms with Crippen molar-refractivity contribution in [2.24, 2.45) is 5.92 Å². The van der Waals surface area contributed by atoms with Gasteiger partial charge in [0.25, 0.3) is 0 Å². The highest BCUT2D eigenvalue weighted by Gasteiger charge is 2.43. The average Bonchev–Trinajstić information content (AvgIpc) is 3.11. The van der Waals surface area contributed by atoms with E-state index in [9.17, 15) is 9.18 Å². The Labute approximate surface area is 151 Å². The lowest BCUT2D eigenvalue weighted by Gasteiger charge is -2.29. The summed E-state index contributed by atoms with van der Waals surface area (Å²) < 4.78 is 19.0. The topological polar surface area (TPSA) is 62.4 Å². The van der Waals surface area contributed by atoms with Crippen LogP contribution in [0.5, 0.6) is 5.75 Å². The Balaban J connectivity index is 1.45. The van der Waals surface area contributed by atoms with E-state index in [1.807, 2.05) is 6.07 Å². The van der Waals surface area contributed by atoms with Crippen molar-refractivity contribution in [3.05, 3.63) is 65.0 Å². The molecule has 1 fully saturated rings. The summed E-state index contributed by atoms with van der Waals surface area (Å²) in [6.45, 7) is 0.189. The highest BCUT2D eigenvalue weighted by molar-refractivity contribution is 5.82. The number of hydrazine groups is 1. The van der Waals surface area contributed by atoms with Crippen LogP contribution < -0.4 is 20.9 Å². The zero-order valence-corrected chi connectivity index (χ0v) is 14.6. The highest BCUT2D eigenvalue weighted by Crippen LogP contribution is 2.40. The van der Waals surface area contributed by atoms with Crippen LogP contribution in [0.4, 0.5) is 4.39 Å². The fourth-order valence-electron chi connectivity index (χ4n) is 3.97. The molecule has 3 atom stereocenters. The van der Waals surface area contributed by atoms with Crippen LogP contribution >= 0.6 is 0 Å². The third-order valence-corrected chi connectivity index (χ3v) is 5.38. The third-order valence-electron chi connectivity index (χ3n) is 5.38. The molecule has 0 spiro atoms. The molecule has 2 aliphatic rings. The van der Waals surface area contributed by atoms with Gasteiger partial charge in [-0.15, -0.1) is 0 Å². The van der Waals surface area contributed by atoms with Crippen LogP contribution in [0.1, 0.15) is 29.2 Å². The molecular weight excluding hydrogens is 333 g/mol. The summed E-state index contributed by atoms with van der Waals surface area (Å²) in [6.07, 6.45) is 1.82. The van der Waals surface area contributed by atoms with Gasteiger partial charge in [-0.25, -0.2) is 15.2 Å².